The number of nitrogens with one attached hydrogen (secondary N) is 1. The molecule has 1 aromatic carbocycles. The molecule has 22 heavy (non-hydrogen) atoms. The molecule has 0 fully saturated rings. The average Bonchev–Trinajstić information content (AvgIpc) is 2.46. The molecule has 1 rings (SSSR count). The maximum absolute atomic E-state index is 12.1. The Kier molecular flexibility index (Phi) is 6.37. The summed E-state index contributed by atoms with van der Waals surface area (Å²) in [6.45, 7) is 4.03. The van der Waals surface area contributed by atoms with Crippen molar-refractivity contribution in [3.8, 4) is 0 Å². The first-order valence-electron chi connectivity index (χ1n) is 7.27. The largest absolute Gasteiger partial charge is 0.350 e. The van der Waals surface area contributed by atoms with E-state index in [1.807, 2.05) is 6.92 Å². The molecule has 1 N–H and O–H groups in total. The second-order valence-corrected chi connectivity index (χ2v) is 7.64. The van der Waals surface area contributed by atoms with Crippen molar-refractivity contribution in [1.29, 1.82) is 0 Å². The van der Waals surface area contributed by atoms with Gasteiger partial charge in [0.2, 0.25) is 0 Å². The summed E-state index contributed by atoms with van der Waals surface area (Å²) >= 11 is 0. The van der Waals surface area contributed by atoms with Gasteiger partial charge in [-0.2, -0.15) is 12.7 Å². The topological polar surface area (TPSA) is 69.7 Å². The average molecular weight is 327 g/mol. The molecule has 0 radical (unpaired) electrons. The molecule has 1 amide bonds. The van der Waals surface area contributed by atoms with Gasteiger partial charge in [0.05, 0.1) is 5.69 Å². The molecule has 124 valence electrons. The van der Waals surface area contributed by atoms with Gasteiger partial charge in [0.15, 0.2) is 0 Å². The highest BCUT2D eigenvalue weighted by Crippen LogP contribution is 2.18. The number of carbonyl (C=O) groups is 1. The van der Waals surface area contributed by atoms with Crippen LogP contribution in [0.15, 0.2) is 24.3 Å². The molecule has 0 heterocycles. The van der Waals surface area contributed by atoms with Gasteiger partial charge in [-0.1, -0.05) is 13.3 Å². The summed E-state index contributed by atoms with van der Waals surface area (Å²) in [5.74, 6) is -0.148. The maximum atomic E-state index is 12.1. The SMILES string of the molecule is CCC[C@@H](C)NC(=O)c1ccc(N(C)S(=O)(=O)N(C)C)cc1. The molecule has 1 aromatic rings. The Morgan fingerprint density at radius 2 is 1.73 bits per heavy atom. The lowest BCUT2D eigenvalue weighted by Gasteiger charge is -2.23. The van der Waals surface area contributed by atoms with E-state index in [-0.39, 0.29) is 11.9 Å². The normalized spacial score (nSPS) is 13.0. The van der Waals surface area contributed by atoms with Gasteiger partial charge in [0.25, 0.3) is 5.91 Å². The number of hydrogen-bond acceptors (Lipinski definition) is 3. The Bertz CT molecular complexity index is 597. The minimum Gasteiger partial charge on any atom is -0.350 e. The fourth-order valence-electron chi connectivity index (χ4n) is 2.01. The van der Waals surface area contributed by atoms with Crippen molar-refractivity contribution >= 4 is 21.8 Å². The second-order valence-electron chi connectivity index (χ2n) is 5.47. The van der Waals surface area contributed by atoms with Crippen LogP contribution in [0.4, 0.5) is 5.69 Å². The molecule has 0 spiro atoms. The van der Waals surface area contributed by atoms with Crippen molar-refractivity contribution in [2.75, 3.05) is 25.4 Å². The minimum absolute atomic E-state index is 0.119. The second kappa shape index (κ2) is 7.60. The van der Waals surface area contributed by atoms with Crippen molar-refractivity contribution in [3.63, 3.8) is 0 Å². The number of nitrogens with zero attached hydrogens (tertiary/aromatic N) is 2. The van der Waals surface area contributed by atoms with Crippen LogP contribution in [-0.4, -0.2) is 45.8 Å². The number of hydrogen-bond donors (Lipinski definition) is 1. The summed E-state index contributed by atoms with van der Waals surface area (Å²) in [6.07, 6.45) is 1.93. The fourth-order valence-corrected chi connectivity index (χ4v) is 2.89. The molecular formula is C15H25N3O3S. The first kappa shape index (κ1) is 18.4. The van der Waals surface area contributed by atoms with Crippen molar-refractivity contribution < 1.29 is 13.2 Å². The Balaban J connectivity index is 2.85. The van der Waals surface area contributed by atoms with E-state index < -0.39 is 10.2 Å². The van der Waals surface area contributed by atoms with Gasteiger partial charge >= 0.3 is 10.2 Å². The Morgan fingerprint density at radius 1 is 1.18 bits per heavy atom. The molecular weight excluding hydrogens is 302 g/mol. The highest BCUT2D eigenvalue weighted by Gasteiger charge is 2.21. The smallest absolute Gasteiger partial charge is 0.303 e. The van der Waals surface area contributed by atoms with Gasteiger partial charge < -0.3 is 5.32 Å². The Morgan fingerprint density at radius 3 is 2.18 bits per heavy atom. The summed E-state index contributed by atoms with van der Waals surface area (Å²) in [6, 6.07) is 6.63. The van der Waals surface area contributed by atoms with E-state index >= 15 is 0 Å². The molecule has 0 saturated heterocycles. The highest BCUT2D eigenvalue weighted by atomic mass is 32.2. The van der Waals surface area contributed by atoms with Crippen LogP contribution in [0.5, 0.6) is 0 Å². The molecule has 0 saturated carbocycles. The fraction of sp³-hybridized carbons (Fsp3) is 0.533. The van der Waals surface area contributed by atoms with Crippen molar-refractivity contribution in [1.82, 2.24) is 9.62 Å². The number of rotatable bonds is 7. The Labute approximate surface area is 133 Å². The lowest BCUT2D eigenvalue weighted by Crippen LogP contribution is -2.37. The zero-order valence-electron chi connectivity index (χ0n) is 13.8. The van der Waals surface area contributed by atoms with E-state index in [1.165, 1.54) is 25.4 Å². The van der Waals surface area contributed by atoms with E-state index in [0.29, 0.717) is 11.3 Å². The van der Waals surface area contributed by atoms with Crippen molar-refractivity contribution in [3.05, 3.63) is 29.8 Å². The van der Waals surface area contributed by atoms with E-state index in [4.69, 9.17) is 0 Å². The molecule has 1 atom stereocenters. The van der Waals surface area contributed by atoms with Crippen LogP contribution in [0, 0.1) is 0 Å². The van der Waals surface area contributed by atoms with E-state index in [9.17, 15) is 13.2 Å². The summed E-state index contributed by atoms with van der Waals surface area (Å²) in [4.78, 5) is 12.1. The molecule has 0 bridgehead atoms. The van der Waals surface area contributed by atoms with E-state index in [2.05, 4.69) is 12.2 Å². The maximum Gasteiger partial charge on any atom is 0.303 e. The number of anilines is 1. The van der Waals surface area contributed by atoms with Crippen LogP contribution in [-0.2, 0) is 10.2 Å². The number of benzene rings is 1. The van der Waals surface area contributed by atoms with Gasteiger partial charge in [-0.15, -0.1) is 0 Å². The third-order valence-electron chi connectivity index (χ3n) is 3.40. The first-order chi connectivity index (χ1) is 10.2. The van der Waals surface area contributed by atoms with E-state index in [1.54, 1.807) is 24.3 Å². The standard InChI is InChI=1S/C15H25N3O3S/c1-6-7-12(2)16-15(19)13-8-10-14(11-9-13)18(5)22(20,21)17(3)4/h8-12H,6-7H2,1-5H3,(H,16,19)/t12-/m1/s1. The third-order valence-corrected chi connectivity index (χ3v) is 5.23. The van der Waals surface area contributed by atoms with Gasteiger partial charge in [0, 0.05) is 32.7 Å². The van der Waals surface area contributed by atoms with Gasteiger partial charge in [0.1, 0.15) is 0 Å². The third kappa shape index (κ3) is 4.45. The van der Waals surface area contributed by atoms with Crippen LogP contribution in [0.3, 0.4) is 0 Å². The number of carbonyl (C=O) groups excluding carboxylic acids is 1. The van der Waals surface area contributed by atoms with Gasteiger partial charge in [-0.3, -0.25) is 9.10 Å². The molecule has 0 aromatic heterocycles. The summed E-state index contributed by atoms with van der Waals surface area (Å²) in [5, 5.41) is 2.92. The van der Waals surface area contributed by atoms with E-state index in [0.717, 1.165) is 17.1 Å². The lowest BCUT2D eigenvalue weighted by atomic mass is 10.1. The van der Waals surface area contributed by atoms with Crippen LogP contribution < -0.4 is 9.62 Å². The monoisotopic (exact) mass is 327 g/mol. The lowest BCUT2D eigenvalue weighted by molar-refractivity contribution is 0.0938. The molecule has 0 aliphatic carbocycles. The van der Waals surface area contributed by atoms with Crippen LogP contribution in [0.2, 0.25) is 0 Å². The summed E-state index contributed by atoms with van der Waals surface area (Å²) in [5.41, 5.74) is 1.02. The molecule has 0 unspecified atom stereocenters. The van der Waals surface area contributed by atoms with Crippen molar-refractivity contribution in [2.24, 2.45) is 0 Å². The zero-order chi connectivity index (χ0) is 16.9. The first-order valence-corrected chi connectivity index (χ1v) is 8.67. The molecule has 0 aliphatic heterocycles. The van der Waals surface area contributed by atoms with Gasteiger partial charge in [-0.25, -0.2) is 0 Å². The predicted molar refractivity (Wildman–Crippen MR) is 89.3 cm³/mol. The summed E-state index contributed by atoms with van der Waals surface area (Å²) in [7, 11) is 0.907. The molecule has 0 aliphatic rings. The minimum atomic E-state index is -3.52. The predicted octanol–water partition coefficient (Wildman–Crippen LogP) is 1.85. The highest BCUT2D eigenvalue weighted by molar-refractivity contribution is 7.90. The Hall–Kier alpha value is -1.60. The van der Waals surface area contributed by atoms with Gasteiger partial charge in [-0.05, 0) is 37.6 Å². The zero-order valence-corrected chi connectivity index (χ0v) is 14.6. The number of amides is 1. The van der Waals surface area contributed by atoms with Crippen LogP contribution in [0.1, 0.15) is 37.0 Å². The molecule has 7 heteroatoms. The quantitative estimate of drug-likeness (QED) is 0.831. The van der Waals surface area contributed by atoms with Crippen molar-refractivity contribution in [2.45, 2.75) is 32.7 Å². The van der Waals surface area contributed by atoms with Crippen LogP contribution in [0.25, 0.3) is 0 Å². The summed E-state index contributed by atoms with van der Waals surface area (Å²) < 4.78 is 26.4. The van der Waals surface area contributed by atoms with Crippen LogP contribution >= 0.6 is 0 Å². The molecule has 6 nitrogen and oxygen atoms in total.